The maximum absolute atomic E-state index is 13.6. The van der Waals surface area contributed by atoms with Crippen molar-refractivity contribution in [2.24, 2.45) is 5.92 Å². The average Bonchev–Trinajstić information content (AvgIpc) is 3.24. The van der Waals surface area contributed by atoms with Gasteiger partial charge in [0, 0.05) is 42.8 Å². The van der Waals surface area contributed by atoms with E-state index in [0.717, 1.165) is 11.1 Å². The van der Waals surface area contributed by atoms with E-state index in [1.807, 2.05) is 30.3 Å². The van der Waals surface area contributed by atoms with Crippen LogP contribution in [0, 0.1) is 5.92 Å². The Morgan fingerprint density at radius 3 is 2.64 bits per heavy atom. The fourth-order valence-corrected chi connectivity index (χ4v) is 7.07. The van der Waals surface area contributed by atoms with Crippen molar-refractivity contribution in [3.05, 3.63) is 58.1 Å². The number of amides is 2. The summed E-state index contributed by atoms with van der Waals surface area (Å²) < 4.78 is 29.0. The molecule has 7 nitrogen and oxygen atoms in total. The molecule has 2 amide bonds. The van der Waals surface area contributed by atoms with Gasteiger partial charge < -0.3 is 10.2 Å². The second-order valence-corrected chi connectivity index (χ2v) is 11.2. The van der Waals surface area contributed by atoms with Crippen molar-refractivity contribution in [1.82, 2.24) is 9.62 Å². The van der Waals surface area contributed by atoms with Gasteiger partial charge in [0.15, 0.2) is 0 Å². The molecule has 2 aromatic rings. The minimum absolute atomic E-state index is 0.0208. The van der Waals surface area contributed by atoms with Crippen molar-refractivity contribution in [2.75, 3.05) is 24.5 Å². The molecule has 1 saturated heterocycles. The van der Waals surface area contributed by atoms with Crippen LogP contribution in [0.5, 0.6) is 0 Å². The third-order valence-corrected chi connectivity index (χ3v) is 9.14. The topological polar surface area (TPSA) is 86.8 Å². The lowest BCUT2D eigenvalue weighted by molar-refractivity contribution is -0.126. The van der Waals surface area contributed by atoms with Crippen molar-refractivity contribution < 1.29 is 18.0 Å². The Kier molecular flexibility index (Phi) is 7.21. The number of nitrogens with one attached hydrogen (secondary N) is 1. The lowest BCUT2D eigenvalue weighted by Crippen LogP contribution is -2.45. The van der Waals surface area contributed by atoms with E-state index >= 15 is 0 Å². The van der Waals surface area contributed by atoms with Crippen LogP contribution in [0.3, 0.4) is 0 Å². The van der Waals surface area contributed by atoms with E-state index in [0.29, 0.717) is 55.5 Å². The number of halogens is 1. The van der Waals surface area contributed by atoms with E-state index in [9.17, 15) is 18.0 Å². The highest BCUT2D eigenvalue weighted by atomic mass is 79.9. The third kappa shape index (κ3) is 5.00. The first kappa shape index (κ1) is 23.9. The second-order valence-electron chi connectivity index (χ2n) is 8.47. The Hall–Kier alpha value is -2.23. The van der Waals surface area contributed by atoms with Crippen molar-refractivity contribution >= 4 is 43.5 Å². The normalized spacial score (nSPS) is 18.7. The summed E-state index contributed by atoms with van der Waals surface area (Å²) in [6.07, 6.45) is 2.33. The van der Waals surface area contributed by atoms with Gasteiger partial charge in [-0.05, 0) is 58.5 Å². The molecule has 2 heterocycles. The van der Waals surface area contributed by atoms with Gasteiger partial charge in [0.05, 0.1) is 10.8 Å². The standard InChI is InChI=1S/C24H28BrN3O4S/c1-2-23(29)28-12-10-18-13-20(25)22(14-21(18)28)33(31,32)27-11-6-9-19(16-27)24(30)26-15-17-7-4-3-5-8-17/h3-5,7-8,13-14,19H,2,6,9-12,15-16H2,1H3,(H,26,30). The maximum Gasteiger partial charge on any atom is 0.244 e. The van der Waals surface area contributed by atoms with Gasteiger partial charge in [0.25, 0.3) is 0 Å². The number of rotatable bonds is 6. The molecule has 2 aromatic carbocycles. The van der Waals surface area contributed by atoms with Crippen molar-refractivity contribution in [2.45, 2.75) is 44.0 Å². The Morgan fingerprint density at radius 1 is 1.15 bits per heavy atom. The molecule has 1 unspecified atom stereocenters. The fourth-order valence-electron chi connectivity index (χ4n) is 4.48. The first-order chi connectivity index (χ1) is 15.8. The number of nitrogens with zero attached hydrogens (tertiary/aromatic N) is 2. The molecular weight excluding hydrogens is 506 g/mol. The van der Waals surface area contributed by atoms with Crippen molar-refractivity contribution in [3.8, 4) is 0 Å². The van der Waals surface area contributed by atoms with Gasteiger partial charge in [0.2, 0.25) is 21.8 Å². The van der Waals surface area contributed by atoms with Crippen LogP contribution in [-0.2, 0) is 32.6 Å². The first-order valence-electron chi connectivity index (χ1n) is 11.3. The Morgan fingerprint density at radius 2 is 1.91 bits per heavy atom. The second kappa shape index (κ2) is 9.95. The molecule has 0 radical (unpaired) electrons. The third-order valence-electron chi connectivity index (χ3n) is 6.31. The number of carbonyl (C=O) groups excluding carboxylic acids is 2. The Bertz CT molecular complexity index is 1150. The zero-order valence-electron chi connectivity index (χ0n) is 18.6. The molecule has 4 rings (SSSR count). The number of sulfonamides is 1. The van der Waals surface area contributed by atoms with Crippen LogP contribution in [0.2, 0.25) is 0 Å². The number of carbonyl (C=O) groups is 2. The monoisotopic (exact) mass is 533 g/mol. The van der Waals surface area contributed by atoms with E-state index in [4.69, 9.17) is 0 Å². The molecule has 2 aliphatic rings. The Balaban J connectivity index is 1.51. The van der Waals surface area contributed by atoms with E-state index in [-0.39, 0.29) is 23.3 Å². The summed E-state index contributed by atoms with van der Waals surface area (Å²) in [5.41, 5.74) is 2.62. The van der Waals surface area contributed by atoms with Crippen LogP contribution in [0.25, 0.3) is 0 Å². The summed E-state index contributed by atoms with van der Waals surface area (Å²) in [5, 5.41) is 2.94. The van der Waals surface area contributed by atoms with Gasteiger partial charge in [-0.1, -0.05) is 37.3 Å². The molecule has 0 bridgehead atoms. The highest BCUT2D eigenvalue weighted by Crippen LogP contribution is 2.37. The predicted molar refractivity (Wildman–Crippen MR) is 130 cm³/mol. The molecule has 0 spiro atoms. The average molecular weight is 534 g/mol. The molecule has 2 aliphatic heterocycles. The summed E-state index contributed by atoms with van der Waals surface area (Å²) in [6.45, 7) is 3.29. The van der Waals surface area contributed by atoms with E-state index in [2.05, 4.69) is 21.2 Å². The summed E-state index contributed by atoms with van der Waals surface area (Å²) in [6, 6.07) is 13.0. The van der Waals surface area contributed by atoms with Crippen LogP contribution < -0.4 is 10.2 Å². The van der Waals surface area contributed by atoms with E-state index in [1.54, 1.807) is 24.0 Å². The number of benzene rings is 2. The quantitative estimate of drug-likeness (QED) is 0.615. The number of hydrogen-bond acceptors (Lipinski definition) is 4. The van der Waals surface area contributed by atoms with Crippen molar-refractivity contribution in [1.29, 1.82) is 0 Å². The molecule has 0 aliphatic carbocycles. The summed E-state index contributed by atoms with van der Waals surface area (Å²) >= 11 is 3.43. The molecular formula is C24H28BrN3O4S. The van der Waals surface area contributed by atoms with Gasteiger partial charge in [-0.2, -0.15) is 4.31 Å². The first-order valence-corrected chi connectivity index (χ1v) is 13.5. The van der Waals surface area contributed by atoms with Crippen LogP contribution in [0.4, 0.5) is 5.69 Å². The highest BCUT2D eigenvalue weighted by molar-refractivity contribution is 9.10. The highest BCUT2D eigenvalue weighted by Gasteiger charge is 2.36. The van der Waals surface area contributed by atoms with Gasteiger partial charge in [-0.3, -0.25) is 9.59 Å². The molecule has 1 fully saturated rings. The summed E-state index contributed by atoms with van der Waals surface area (Å²) in [5.74, 6) is -0.553. The molecule has 1 N–H and O–H groups in total. The van der Waals surface area contributed by atoms with Crippen LogP contribution >= 0.6 is 15.9 Å². The molecule has 0 saturated carbocycles. The SMILES string of the molecule is CCC(=O)N1CCc2cc(Br)c(S(=O)(=O)N3CCCC(C(=O)NCc4ccccc4)C3)cc21. The summed E-state index contributed by atoms with van der Waals surface area (Å²) in [4.78, 5) is 26.9. The number of fused-ring (bicyclic) bond motifs is 1. The van der Waals surface area contributed by atoms with Crippen LogP contribution in [0.1, 0.15) is 37.3 Å². The number of anilines is 1. The molecule has 176 valence electrons. The predicted octanol–water partition coefficient (Wildman–Crippen LogP) is 3.47. The van der Waals surface area contributed by atoms with Gasteiger partial charge in [-0.15, -0.1) is 0 Å². The lowest BCUT2D eigenvalue weighted by atomic mass is 9.99. The smallest absolute Gasteiger partial charge is 0.244 e. The minimum atomic E-state index is -3.84. The van der Waals surface area contributed by atoms with Gasteiger partial charge >= 0.3 is 0 Å². The van der Waals surface area contributed by atoms with E-state index in [1.165, 1.54) is 4.31 Å². The maximum atomic E-state index is 13.6. The number of hydrogen-bond donors (Lipinski definition) is 1. The van der Waals surface area contributed by atoms with Crippen LogP contribution in [-0.4, -0.2) is 44.2 Å². The zero-order valence-corrected chi connectivity index (χ0v) is 21.0. The van der Waals surface area contributed by atoms with Gasteiger partial charge in [0.1, 0.15) is 0 Å². The van der Waals surface area contributed by atoms with Crippen LogP contribution in [0.15, 0.2) is 51.8 Å². The van der Waals surface area contributed by atoms with Crippen molar-refractivity contribution in [3.63, 3.8) is 0 Å². The van der Waals surface area contributed by atoms with Gasteiger partial charge in [-0.25, -0.2) is 8.42 Å². The Labute approximate surface area is 203 Å². The number of piperidine rings is 1. The summed E-state index contributed by atoms with van der Waals surface area (Å²) in [7, 11) is -3.84. The zero-order chi connectivity index (χ0) is 23.6. The van der Waals surface area contributed by atoms with E-state index < -0.39 is 15.9 Å². The largest absolute Gasteiger partial charge is 0.352 e. The fraction of sp³-hybridized carbons (Fsp3) is 0.417. The molecule has 33 heavy (non-hydrogen) atoms. The molecule has 1 atom stereocenters. The lowest BCUT2D eigenvalue weighted by Gasteiger charge is -2.31. The molecule has 0 aromatic heterocycles. The minimum Gasteiger partial charge on any atom is -0.352 e. The molecule has 9 heteroatoms.